The molecule has 0 rings (SSSR count). The Morgan fingerprint density at radius 2 is 0.850 bits per heavy atom. The second-order valence-electron chi connectivity index (χ2n) is 6.88. The molecule has 0 aromatic rings. The lowest BCUT2D eigenvalue weighted by atomic mass is 9.99. The van der Waals surface area contributed by atoms with Crippen LogP contribution in [0.2, 0.25) is 0 Å². The summed E-state index contributed by atoms with van der Waals surface area (Å²) in [6.45, 7) is 4.16. The van der Waals surface area contributed by atoms with Gasteiger partial charge in [-0.15, -0.1) is 0 Å². The highest BCUT2D eigenvalue weighted by molar-refractivity contribution is 4.64. The van der Waals surface area contributed by atoms with E-state index in [1.807, 2.05) is 13.8 Å². The van der Waals surface area contributed by atoms with E-state index in [1.165, 1.54) is 70.6 Å². The van der Waals surface area contributed by atoms with Gasteiger partial charge >= 0.3 is 0 Å². The van der Waals surface area contributed by atoms with Crippen molar-refractivity contribution in [2.75, 3.05) is 6.61 Å². The van der Waals surface area contributed by atoms with Crippen LogP contribution < -0.4 is 0 Å². The molecule has 0 aliphatic heterocycles. The van der Waals surface area contributed by atoms with Crippen molar-refractivity contribution in [2.45, 2.75) is 109 Å². The highest BCUT2D eigenvalue weighted by atomic mass is 16.3. The topological polar surface area (TPSA) is 40.5 Å². The first-order valence-corrected chi connectivity index (χ1v) is 8.89. The third kappa shape index (κ3) is 17.9. The van der Waals surface area contributed by atoms with E-state index in [-0.39, 0.29) is 0 Å². The zero-order valence-electron chi connectivity index (χ0n) is 14.0. The van der Waals surface area contributed by atoms with Crippen LogP contribution in [0.5, 0.6) is 0 Å². The second kappa shape index (κ2) is 13.9. The molecule has 2 nitrogen and oxygen atoms in total. The molecular formula is C18H38O2. The van der Waals surface area contributed by atoms with Crippen molar-refractivity contribution >= 4 is 0 Å². The van der Waals surface area contributed by atoms with Crippen LogP contribution in [-0.4, -0.2) is 22.4 Å². The van der Waals surface area contributed by atoms with E-state index in [2.05, 4.69) is 0 Å². The minimum atomic E-state index is -0.475. The Balaban J connectivity index is 2.99. The summed E-state index contributed by atoms with van der Waals surface area (Å²) in [7, 11) is 0. The Kier molecular flexibility index (Phi) is 13.8. The average molecular weight is 286 g/mol. The number of aliphatic hydroxyl groups excluding tert-OH is 1. The highest BCUT2D eigenvalue weighted by Crippen LogP contribution is 2.16. The largest absolute Gasteiger partial charge is 0.396 e. The third-order valence-electron chi connectivity index (χ3n) is 3.95. The molecule has 0 bridgehead atoms. The Hall–Kier alpha value is -0.0800. The van der Waals surface area contributed by atoms with Crippen LogP contribution in [0.3, 0.4) is 0 Å². The summed E-state index contributed by atoms with van der Waals surface area (Å²) in [5, 5.41) is 18.3. The maximum absolute atomic E-state index is 9.60. The zero-order valence-corrected chi connectivity index (χ0v) is 14.0. The zero-order chi connectivity index (χ0) is 15.1. The molecule has 0 saturated heterocycles. The Morgan fingerprint density at radius 3 is 1.15 bits per heavy atom. The fourth-order valence-corrected chi connectivity index (χ4v) is 2.61. The second-order valence-corrected chi connectivity index (χ2v) is 6.88. The van der Waals surface area contributed by atoms with E-state index >= 15 is 0 Å². The van der Waals surface area contributed by atoms with Gasteiger partial charge in [0.1, 0.15) is 0 Å². The molecule has 122 valence electrons. The van der Waals surface area contributed by atoms with Gasteiger partial charge in [0.15, 0.2) is 0 Å². The van der Waals surface area contributed by atoms with E-state index in [0.717, 1.165) is 19.3 Å². The first kappa shape index (κ1) is 19.9. The minimum absolute atomic E-state index is 0.357. The number of aliphatic hydroxyl groups is 2. The van der Waals surface area contributed by atoms with E-state index in [1.54, 1.807) is 0 Å². The lowest BCUT2D eigenvalue weighted by molar-refractivity contribution is 0.0680. The van der Waals surface area contributed by atoms with Gasteiger partial charge in [0.25, 0.3) is 0 Å². The predicted octanol–water partition coefficient (Wildman–Crippen LogP) is 5.21. The number of hydrogen-bond donors (Lipinski definition) is 2. The Bertz CT molecular complexity index is 184. The molecule has 0 aromatic carbocycles. The molecule has 0 aromatic heterocycles. The summed E-state index contributed by atoms with van der Waals surface area (Å²) in [6.07, 6.45) is 17.8. The molecule has 0 atom stereocenters. The predicted molar refractivity (Wildman–Crippen MR) is 88.0 cm³/mol. The van der Waals surface area contributed by atoms with Gasteiger partial charge in [-0.25, -0.2) is 0 Å². The molecule has 0 spiro atoms. The summed E-state index contributed by atoms with van der Waals surface area (Å²) in [4.78, 5) is 0. The Morgan fingerprint density at radius 1 is 0.550 bits per heavy atom. The van der Waals surface area contributed by atoms with Crippen molar-refractivity contribution in [1.82, 2.24) is 0 Å². The van der Waals surface area contributed by atoms with Crippen LogP contribution in [0, 0.1) is 0 Å². The fraction of sp³-hybridized carbons (Fsp3) is 1.00. The van der Waals surface area contributed by atoms with Crippen molar-refractivity contribution in [1.29, 1.82) is 0 Å². The summed E-state index contributed by atoms with van der Waals surface area (Å²) in [5.74, 6) is 0. The van der Waals surface area contributed by atoms with E-state index in [9.17, 15) is 5.11 Å². The van der Waals surface area contributed by atoms with Crippen LogP contribution in [0.1, 0.15) is 104 Å². The Labute approximate surface area is 127 Å². The number of rotatable bonds is 15. The minimum Gasteiger partial charge on any atom is -0.396 e. The van der Waals surface area contributed by atoms with Crippen molar-refractivity contribution in [3.63, 3.8) is 0 Å². The van der Waals surface area contributed by atoms with Crippen LogP contribution in [-0.2, 0) is 0 Å². The smallest absolute Gasteiger partial charge is 0.0591 e. The van der Waals surface area contributed by atoms with Gasteiger partial charge in [-0.05, 0) is 26.7 Å². The molecule has 2 N–H and O–H groups in total. The van der Waals surface area contributed by atoms with Crippen molar-refractivity contribution in [2.24, 2.45) is 0 Å². The first-order valence-electron chi connectivity index (χ1n) is 8.89. The normalized spacial score (nSPS) is 12.0. The van der Waals surface area contributed by atoms with Crippen LogP contribution in [0.25, 0.3) is 0 Å². The molecule has 0 saturated carbocycles. The fourth-order valence-electron chi connectivity index (χ4n) is 2.61. The van der Waals surface area contributed by atoms with Crippen molar-refractivity contribution in [3.8, 4) is 0 Å². The van der Waals surface area contributed by atoms with Gasteiger partial charge in [-0.2, -0.15) is 0 Å². The van der Waals surface area contributed by atoms with Crippen molar-refractivity contribution in [3.05, 3.63) is 0 Å². The lowest BCUT2D eigenvalue weighted by Crippen LogP contribution is -2.17. The molecule has 0 radical (unpaired) electrons. The summed E-state index contributed by atoms with van der Waals surface area (Å²) in [5.41, 5.74) is -0.475. The lowest BCUT2D eigenvalue weighted by Gasteiger charge is -2.16. The quantitative estimate of drug-likeness (QED) is 0.406. The van der Waals surface area contributed by atoms with Crippen molar-refractivity contribution < 1.29 is 10.2 Å². The summed E-state index contributed by atoms with van der Waals surface area (Å²) in [6, 6.07) is 0. The molecule has 0 unspecified atom stereocenters. The summed E-state index contributed by atoms with van der Waals surface area (Å²) < 4.78 is 0. The highest BCUT2D eigenvalue weighted by Gasteiger charge is 2.10. The number of unbranched alkanes of at least 4 members (excludes halogenated alkanes) is 12. The first-order chi connectivity index (χ1) is 9.56. The molecule has 0 heterocycles. The maximum atomic E-state index is 9.60. The van der Waals surface area contributed by atoms with Gasteiger partial charge in [-0.3, -0.25) is 0 Å². The standard InChI is InChI=1S/C18H38O2/c1-18(2,20)16-14-12-10-8-6-4-3-5-7-9-11-13-15-17-19/h19-20H,3-17H2,1-2H3. The molecule has 0 aliphatic rings. The monoisotopic (exact) mass is 286 g/mol. The van der Waals surface area contributed by atoms with Gasteiger partial charge in [-0.1, -0.05) is 77.0 Å². The SMILES string of the molecule is CC(C)(O)CCCCCCCCCCCCCCCO. The maximum Gasteiger partial charge on any atom is 0.0591 e. The van der Waals surface area contributed by atoms with E-state index in [0.29, 0.717) is 6.61 Å². The van der Waals surface area contributed by atoms with Gasteiger partial charge in [0.05, 0.1) is 5.60 Å². The van der Waals surface area contributed by atoms with Crippen LogP contribution in [0.15, 0.2) is 0 Å². The molecular weight excluding hydrogens is 248 g/mol. The molecule has 20 heavy (non-hydrogen) atoms. The molecule has 0 fully saturated rings. The van der Waals surface area contributed by atoms with Crippen LogP contribution in [0.4, 0.5) is 0 Å². The van der Waals surface area contributed by atoms with Gasteiger partial charge in [0, 0.05) is 6.61 Å². The average Bonchev–Trinajstić information content (AvgIpc) is 2.38. The van der Waals surface area contributed by atoms with Gasteiger partial charge in [0.2, 0.25) is 0 Å². The van der Waals surface area contributed by atoms with Gasteiger partial charge < -0.3 is 10.2 Å². The van der Waals surface area contributed by atoms with Crippen LogP contribution >= 0.6 is 0 Å². The molecule has 0 amide bonds. The number of hydrogen-bond acceptors (Lipinski definition) is 2. The third-order valence-corrected chi connectivity index (χ3v) is 3.95. The molecule has 0 aliphatic carbocycles. The molecule has 2 heteroatoms. The van der Waals surface area contributed by atoms with E-state index in [4.69, 9.17) is 5.11 Å². The summed E-state index contributed by atoms with van der Waals surface area (Å²) >= 11 is 0. The van der Waals surface area contributed by atoms with E-state index < -0.39 is 5.60 Å².